The number of ether oxygens (including phenoxy) is 1. The van der Waals surface area contributed by atoms with Crippen molar-refractivity contribution >= 4 is 17.7 Å². The Morgan fingerprint density at radius 1 is 1.00 bits per heavy atom. The molecule has 0 bridgehead atoms. The lowest BCUT2D eigenvalue weighted by Crippen LogP contribution is -2.27. The van der Waals surface area contributed by atoms with Crippen LogP contribution in [0.2, 0.25) is 0 Å². The lowest BCUT2D eigenvalue weighted by molar-refractivity contribution is -0.118. The monoisotopic (exact) mass is 445 g/mol. The third-order valence-corrected chi connectivity index (χ3v) is 5.74. The van der Waals surface area contributed by atoms with Crippen molar-refractivity contribution in [2.24, 2.45) is 0 Å². The van der Waals surface area contributed by atoms with Crippen LogP contribution in [-0.4, -0.2) is 45.1 Å². The first-order chi connectivity index (χ1) is 15.8. The number of nitrogens with one attached hydrogen (secondary N) is 1. The van der Waals surface area contributed by atoms with Crippen LogP contribution in [0.5, 0.6) is 5.75 Å². The first kappa shape index (κ1) is 21.6. The van der Waals surface area contributed by atoms with Gasteiger partial charge in [-0.1, -0.05) is 54.2 Å². The summed E-state index contributed by atoms with van der Waals surface area (Å²) >= 11 is 1.34. The fraction of sp³-hybridized carbons (Fsp3) is 0.167. The van der Waals surface area contributed by atoms with Crippen LogP contribution in [0.3, 0.4) is 0 Å². The van der Waals surface area contributed by atoms with Crippen LogP contribution < -0.4 is 10.1 Å². The number of thioether (sulfide) groups is 1. The number of hydrogen-bond donors (Lipinski definition) is 1. The molecule has 0 unspecified atom stereocenters. The van der Waals surface area contributed by atoms with Gasteiger partial charge in [0.1, 0.15) is 5.75 Å². The molecule has 0 aliphatic carbocycles. The van der Waals surface area contributed by atoms with Crippen LogP contribution in [-0.2, 0) is 11.2 Å². The Labute approximate surface area is 190 Å². The molecule has 2 heterocycles. The number of nitrogens with zero attached hydrogens (tertiary/aromatic N) is 4. The summed E-state index contributed by atoms with van der Waals surface area (Å²) in [4.78, 5) is 16.5. The van der Waals surface area contributed by atoms with Gasteiger partial charge in [-0.2, -0.15) is 0 Å². The molecule has 0 aliphatic rings. The number of aromatic nitrogens is 4. The fourth-order valence-electron chi connectivity index (χ4n) is 3.26. The molecular weight excluding hydrogens is 422 g/mol. The minimum Gasteiger partial charge on any atom is -0.495 e. The first-order valence-electron chi connectivity index (χ1n) is 10.2. The lowest BCUT2D eigenvalue weighted by Gasteiger charge is -2.13. The Bertz CT molecular complexity index is 1170. The van der Waals surface area contributed by atoms with Gasteiger partial charge in [0, 0.05) is 24.5 Å². The summed E-state index contributed by atoms with van der Waals surface area (Å²) < 4.78 is 7.47. The lowest BCUT2D eigenvalue weighted by atomic mass is 10.1. The number of pyridine rings is 1. The maximum atomic E-state index is 12.4. The Hall–Kier alpha value is -3.65. The van der Waals surface area contributed by atoms with Crippen molar-refractivity contribution in [3.63, 3.8) is 0 Å². The van der Waals surface area contributed by atoms with Crippen molar-refractivity contribution in [3.05, 3.63) is 84.7 Å². The summed E-state index contributed by atoms with van der Waals surface area (Å²) in [6, 6.07) is 21.5. The highest BCUT2D eigenvalue weighted by atomic mass is 32.2. The zero-order valence-electron chi connectivity index (χ0n) is 17.6. The number of rotatable bonds is 9. The number of carbonyl (C=O) groups excluding carboxylic acids is 1. The average molecular weight is 446 g/mol. The highest BCUT2D eigenvalue weighted by molar-refractivity contribution is 7.99. The third kappa shape index (κ3) is 5.15. The van der Waals surface area contributed by atoms with E-state index in [4.69, 9.17) is 4.74 Å². The molecule has 2 aromatic carbocycles. The maximum Gasteiger partial charge on any atom is 0.230 e. The Balaban J connectivity index is 1.51. The van der Waals surface area contributed by atoms with E-state index >= 15 is 0 Å². The van der Waals surface area contributed by atoms with E-state index in [0.29, 0.717) is 23.3 Å². The second kappa shape index (κ2) is 10.6. The van der Waals surface area contributed by atoms with Gasteiger partial charge in [-0.15, -0.1) is 10.2 Å². The molecule has 0 fully saturated rings. The van der Waals surface area contributed by atoms with Crippen LogP contribution in [0.25, 0.3) is 17.1 Å². The summed E-state index contributed by atoms with van der Waals surface area (Å²) in [5.41, 5.74) is 2.87. The smallest absolute Gasteiger partial charge is 0.230 e. The van der Waals surface area contributed by atoms with Gasteiger partial charge in [0.05, 0.1) is 18.6 Å². The second-order valence-corrected chi connectivity index (χ2v) is 7.87. The molecular formula is C24H23N5O2S. The van der Waals surface area contributed by atoms with Crippen molar-refractivity contribution < 1.29 is 9.53 Å². The number of methoxy groups -OCH3 is 1. The van der Waals surface area contributed by atoms with E-state index in [1.165, 1.54) is 17.3 Å². The maximum absolute atomic E-state index is 12.4. The van der Waals surface area contributed by atoms with Gasteiger partial charge in [0.25, 0.3) is 0 Å². The highest BCUT2D eigenvalue weighted by Crippen LogP contribution is 2.32. The van der Waals surface area contributed by atoms with E-state index in [1.54, 1.807) is 19.5 Å². The van der Waals surface area contributed by atoms with E-state index in [1.807, 2.05) is 59.2 Å². The molecule has 4 rings (SSSR count). The van der Waals surface area contributed by atoms with E-state index in [-0.39, 0.29) is 11.7 Å². The van der Waals surface area contributed by atoms with E-state index in [2.05, 4.69) is 32.6 Å². The standard InChI is InChI=1S/C24H23N5O2S/c1-31-21-10-6-5-9-20(21)29-23(19-12-14-25-15-13-19)27-28-24(29)32-17-22(30)26-16-11-18-7-3-2-4-8-18/h2-10,12-15H,11,16-17H2,1H3,(H,26,30). The van der Waals surface area contributed by atoms with Crippen molar-refractivity contribution in [2.45, 2.75) is 11.6 Å². The topological polar surface area (TPSA) is 81.9 Å². The molecule has 0 radical (unpaired) electrons. The molecule has 0 atom stereocenters. The predicted octanol–water partition coefficient (Wildman–Crippen LogP) is 3.79. The van der Waals surface area contributed by atoms with Crippen LogP contribution >= 0.6 is 11.8 Å². The van der Waals surface area contributed by atoms with Gasteiger partial charge in [-0.3, -0.25) is 14.3 Å². The molecule has 0 spiro atoms. The van der Waals surface area contributed by atoms with Crippen molar-refractivity contribution in [1.82, 2.24) is 25.1 Å². The van der Waals surface area contributed by atoms with Crippen molar-refractivity contribution in [2.75, 3.05) is 19.4 Å². The van der Waals surface area contributed by atoms with Crippen LogP contribution in [0, 0.1) is 0 Å². The van der Waals surface area contributed by atoms with E-state index < -0.39 is 0 Å². The number of para-hydroxylation sites is 2. The molecule has 0 saturated heterocycles. The molecule has 0 aliphatic heterocycles. The van der Waals surface area contributed by atoms with Crippen molar-refractivity contribution in [1.29, 1.82) is 0 Å². The summed E-state index contributed by atoms with van der Waals surface area (Å²) in [6.07, 6.45) is 4.22. The molecule has 32 heavy (non-hydrogen) atoms. The van der Waals surface area contributed by atoms with Crippen LogP contribution in [0.1, 0.15) is 5.56 Å². The van der Waals surface area contributed by atoms with Gasteiger partial charge in [-0.05, 0) is 36.2 Å². The number of benzene rings is 2. The van der Waals surface area contributed by atoms with Gasteiger partial charge in [0.15, 0.2) is 11.0 Å². The van der Waals surface area contributed by atoms with E-state index in [0.717, 1.165) is 17.7 Å². The molecule has 162 valence electrons. The van der Waals surface area contributed by atoms with Gasteiger partial charge in [0.2, 0.25) is 5.91 Å². The molecule has 0 saturated carbocycles. The zero-order valence-corrected chi connectivity index (χ0v) is 18.5. The minimum atomic E-state index is -0.0500. The number of amides is 1. The second-order valence-electron chi connectivity index (χ2n) is 6.92. The van der Waals surface area contributed by atoms with Gasteiger partial charge in [-0.25, -0.2) is 0 Å². The molecule has 7 nitrogen and oxygen atoms in total. The fourth-order valence-corrected chi connectivity index (χ4v) is 4.03. The Morgan fingerprint density at radius 2 is 1.75 bits per heavy atom. The average Bonchev–Trinajstić information content (AvgIpc) is 3.27. The highest BCUT2D eigenvalue weighted by Gasteiger charge is 2.19. The summed E-state index contributed by atoms with van der Waals surface area (Å²) in [5, 5.41) is 12.3. The molecule has 4 aromatic rings. The SMILES string of the molecule is COc1ccccc1-n1c(SCC(=O)NCCc2ccccc2)nnc1-c1ccncc1. The molecule has 2 aromatic heterocycles. The van der Waals surface area contributed by atoms with Gasteiger partial charge >= 0.3 is 0 Å². The normalized spacial score (nSPS) is 10.7. The Kier molecular flexibility index (Phi) is 7.14. The number of hydrogen-bond acceptors (Lipinski definition) is 6. The van der Waals surface area contributed by atoms with Crippen molar-refractivity contribution in [3.8, 4) is 22.8 Å². The van der Waals surface area contributed by atoms with E-state index in [9.17, 15) is 4.79 Å². The molecule has 1 amide bonds. The summed E-state index contributed by atoms with van der Waals surface area (Å²) in [6.45, 7) is 0.588. The Morgan fingerprint density at radius 3 is 2.53 bits per heavy atom. The summed E-state index contributed by atoms with van der Waals surface area (Å²) in [7, 11) is 1.63. The predicted molar refractivity (Wildman–Crippen MR) is 125 cm³/mol. The first-order valence-corrected chi connectivity index (χ1v) is 11.2. The quantitative estimate of drug-likeness (QED) is 0.395. The molecule has 8 heteroatoms. The zero-order chi connectivity index (χ0) is 22.2. The summed E-state index contributed by atoms with van der Waals surface area (Å²) in [5.74, 6) is 1.53. The minimum absolute atomic E-state index is 0.0500. The molecule has 1 N–H and O–H groups in total. The van der Waals surface area contributed by atoms with Crippen LogP contribution in [0.4, 0.5) is 0 Å². The number of carbonyl (C=O) groups is 1. The third-order valence-electron chi connectivity index (χ3n) is 4.81. The largest absolute Gasteiger partial charge is 0.495 e. The van der Waals surface area contributed by atoms with Crippen LogP contribution in [0.15, 0.2) is 84.3 Å². The van der Waals surface area contributed by atoms with Gasteiger partial charge < -0.3 is 10.1 Å².